The monoisotopic (exact) mass is 1860 g/mol. The molecule has 0 atom stereocenters. The molecule has 0 radical (unpaired) electrons. The Labute approximate surface area is 775 Å². The number of ether oxygens (including phenoxy) is 2. The number of likely N-dealkylation sites (tertiary alicyclic amines) is 3. The first-order chi connectivity index (χ1) is 63.9. The third kappa shape index (κ3) is 21.7. The van der Waals surface area contributed by atoms with Gasteiger partial charge in [-0.1, -0.05) is 11.6 Å². The minimum absolute atomic E-state index is 0.0152. The van der Waals surface area contributed by atoms with Crippen molar-refractivity contribution >= 4 is 110 Å². The highest BCUT2D eigenvalue weighted by Crippen LogP contribution is 2.45. The van der Waals surface area contributed by atoms with Crippen molar-refractivity contribution in [2.75, 3.05) is 141 Å². The lowest BCUT2D eigenvalue weighted by molar-refractivity contribution is -0.00715. The van der Waals surface area contributed by atoms with Crippen molar-refractivity contribution in [2.24, 2.45) is 21.7 Å². The molecule has 0 unspecified atom stereocenters. The summed E-state index contributed by atoms with van der Waals surface area (Å²) in [6, 6.07) is 5.76. The second kappa shape index (κ2) is 37.7. The fourth-order valence-corrected chi connectivity index (χ4v) is 18.8. The fourth-order valence-electron chi connectivity index (χ4n) is 18.7. The number of aryl methyl sites for hydroxylation is 4. The standard InChI is InChI=1S/C25H30FN7O3.C23H26FN7O.C20H22FN7O.C13H9ClFN5O.C12H22N2O2/c1-16-11-32-12-17(8-18(26)21(32)29-16)30-22(34)19-9-28-20(10-27-19)33-14-25(15-33)6-5-7-31(13-25)23(35)36-24(2,3)4;1-15-10-30-11-16(7-18(24)21(30)27-15)28-22(32)19-8-26-20(9-25-19)31-13-23(14-31)5-2-6-29(12-23)17-3-4-17;1-13-8-27-9-14(5-15(21)18(27)25-13)26-19(29)16-6-24-17(7-23-16)28-11-20(12-28)3-2-4-22-10-20;1-7-5-20-6-8(2-9(15)12(20)18-7)19-13(21)10-3-17-11(14)4-16-10;1-11(2,3)16-10(15)14-6-4-5-12(9-14)7-13-8-12/h8-12H,5-7,13-15H2,1-4H3,(H,30,34);7-11,17H,2-6,12-14H2,1H3,(H,28,32);5-9,22H,2-4,10-12H2,1H3,(H,26,29);2-6H,1H3,(H,19,21);13H,4-9H2,1-3H3. The number of nitrogens with zero attached hydrogens (tertiary/aromatic N) is 22. The lowest BCUT2D eigenvalue weighted by Crippen LogP contribution is -2.64. The number of hydrogen-bond acceptors (Lipinski definition) is 26. The molecule has 41 heteroatoms. The van der Waals surface area contributed by atoms with Crippen LogP contribution in [-0.4, -0.2) is 250 Å². The first-order valence-corrected chi connectivity index (χ1v) is 45.5. The average molecular weight is 1860 g/mol. The average Bonchev–Trinajstić information content (AvgIpc) is 0.906. The lowest BCUT2D eigenvalue weighted by atomic mass is 9.73. The van der Waals surface area contributed by atoms with E-state index in [1.54, 1.807) is 110 Å². The van der Waals surface area contributed by atoms with Crippen LogP contribution < -0.4 is 46.6 Å². The van der Waals surface area contributed by atoms with Gasteiger partial charge in [-0.25, -0.2) is 87.0 Å². The van der Waals surface area contributed by atoms with Gasteiger partial charge in [0.05, 0.1) is 95.1 Å². The van der Waals surface area contributed by atoms with Gasteiger partial charge in [0.15, 0.2) is 45.9 Å². The number of nitrogens with one attached hydrogen (secondary N) is 6. The van der Waals surface area contributed by atoms with Crippen molar-refractivity contribution in [3.8, 4) is 0 Å². The third-order valence-electron chi connectivity index (χ3n) is 25.1. The molecule has 9 fully saturated rings. The summed E-state index contributed by atoms with van der Waals surface area (Å²) < 4.78 is 73.7. The lowest BCUT2D eigenvalue weighted by Gasteiger charge is -2.55. The van der Waals surface area contributed by atoms with Gasteiger partial charge >= 0.3 is 12.2 Å². The van der Waals surface area contributed by atoms with E-state index in [0.29, 0.717) is 80.7 Å². The van der Waals surface area contributed by atoms with E-state index in [9.17, 15) is 46.3 Å². The van der Waals surface area contributed by atoms with Crippen LogP contribution in [0.1, 0.15) is 170 Å². The number of pyridine rings is 4. The summed E-state index contributed by atoms with van der Waals surface area (Å²) in [5.41, 5.74) is 5.67. The molecule has 20 heterocycles. The summed E-state index contributed by atoms with van der Waals surface area (Å²) in [6.45, 7) is 33.6. The van der Waals surface area contributed by atoms with Gasteiger partial charge in [0.1, 0.15) is 56.6 Å². The molecule has 8 aliphatic heterocycles. The number of aromatic nitrogens is 16. The van der Waals surface area contributed by atoms with Crippen LogP contribution in [0.5, 0.6) is 0 Å². The Morgan fingerprint density at radius 3 is 1.02 bits per heavy atom. The number of anilines is 7. The van der Waals surface area contributed by atoms with Crippen LogP contribution in [0, 0.1) is 72.6 Å². The minimum Gasteiger partial charge on any atom is -0.444 e. The zero-order chi connectivity index (χ0) is 94.3. The summed E-state index contributed by atoms with van der Waals surface area (Å²) in [5.74, 6) is -1.63. The number of carbonyl (C=O) groups is 6. The van der Waals surface area contributed by atoms with Crippen LogP contribution in [0.2, 0.25) is 5.15 Å². The van der Waals surface area contributed by atoms with Crippen LogP contribution in [0.4, 0.5) is 67.4 Å². The molecule has 6 N–H and O–H groups in total. The molecule has 12 aromatic heterocycles. The van der Waals surface area contributed by atoms with Crippen LogP contribution in [0.15, 0.2) is 123 Å². The maximum absolute atomic E-state index is 14.3. The number of carbonyl (C=O) groups excluding carboxylic acids is 6. The summed E-state index contributed by atoms with van der Waals surface area (Å²) in [5, 5.41) is 17.5. The van der Waals surface area contributed by atoms with Gasteiger partial charge in [-0.15, -0.1) is 0 Å². The highest BCUT2D eigenvalue weighted by molar-refractivity contribution is 6.29. The van der Waals surface area contributed by atoms with E-state index in [-0.39, 0.29) is 73.7 Å². The Bertz CT molecular complexity index is 6370. The number of halogens is 5. The largest absolute Gasteiger partial charge is 0.444 e. The van der Waals surface area contributed by atoms with Crippen molar-refractivity contribution in [3.05, 3.63) is 197 Å². The minimum atomic E-state index is -0.526. The van der Waals surface area contributed by atoms with Crippen LogP contribution in [-0.2, 0) is 9.47 Å². The molecule has 21 rings (SSSR count). The molecule has 12 aromatic rings. The molecule has 6 amide bonds. The summed E-state index contributed by atoms with van der Waals surface area (Å²) >= 11 is 5.60. The van der Waals surface area contributed by atoms with Crippen LogP contribution in [0.3, 0.4) is 0 Å². The van der Waals surface area contributed by atoms with Crippen LogP contribution in [0.25, 0.3) is 22.6 Å². The number of fused-ring (bicyclic) bond motifs is 4. The number of piperidine rings is 4. The topological polar surface area (TPSA) is 385 Å². The van der Waals surface area contributed by atoms with E-state index in [0.717, 1.165) is 115 Å². The van der Waals surface area contributed by atoms with E-state index in [4.69, 9.17) is 21.1 Å². The smallest absolute Gasteiger partial charge is 0.410 e. The van der Waals surface area contributed by atoms with Gasteiger partial charge in [0.2, 0.25) is 0 Å². The predicted molar refractivity (Wildman–Crippen MR) is 494 cm³/mol. The van der Waals surface area contributed by atoms with Crippen molar-refractivity contribution in [1.29, 1.82) is 0 Å². The molecular formula is C93H109ClF4N28O8. The number of rotatable bonds is 12. The van der Waals surface area contributed by atoms with E-state index >= 15 is 0 Å². The fraction of sp³-hybridized carbons (Fsp3) is 0.462. The Morgan fingerprint density at radius 1 is 0.388 bits per heavy atom. The SMILES string of the molecule is CC(C)(C)OC(=O)N1CCCC2(CNC2)C1.Cc1cn2cc(NC(=O)c3cnc(Cl)cn3)cc(F)c2n1.Cc1cn2cc(NC(=O)c3cnc(N4CC5(CCCN(C(=O)OC(C)(C)C)C5)C4)cn3)cc(F)c2n1.Cc1cn2cc(NC(=O)c3cnc(N4CC5(CCCN(C6CC6)C5)C4)cn3)cc(F)c2n1.Cc1cn2cc(NC(=O)c3cnc(N4CC5(CCCNC5)C4)cn3)cc(F)c2n1. The number of amides is 6. The van der Waals surface area contributed by atoms with Gasteiger partial charge in [-0.2, -0.15) is 0 Å². The molecular weight excluding hydrogens is 1750 g/mol. The highest BCUT2D eigenvalue weighted by Gasteiger charge is 2.51. The summed E-state index contributed by atoms with van der Waals surface area (Å²) in [7, 11) is 0. The second-order valence-corrected chi connectivity index (χ2v) is 39.2. The van der Waals surface area contributed by atoms with Crippen molar-refractivity contribution in [2.45, 2.75) is 151 Å². The number of hydrogen-bond donors (Lipinski definition) is 6. The maximum Gasteiger partial charge on any atom is 0.410 e. The van der Waals surface area contributed by atoms with Gasteiger partial charge in [0, 0.05) is 193 Å². The van der Waals surface area contributed by atoms with Gasteiger partial charge < -0.3 is 83.5 Å². The normalized spacial score (nSPS) is 18.0. The van der Waals surface area contributed by atoms with Gasteiger partial charge in [0.25, 0.3) is 23.6 Å². The molecule has 0 bridgehead atoms. The second-order valence-electron chi connectivity index (χ2n) is 38.8. The Balaban J connectivity index is 0.000000119. The first-order valence-electron chi connectivity index (χ1n) is 45.1. The molecule has 4 spiro atoms. The molecule has 0 aromatic carbocycles. The van der Waals surface area contributed by atoms with E-state index < -0.39 is 52.5 Å². The van der Waals surface area contributed by atoms with E-state index in [1.165, 1.54) is 122 Å². The Hall–Kier alpha value is -13.2. The number of imidazole rings is 4. The van der Waals surface area contributed by atoms with Crippen molar-refractivity contribution in [1.82, 2.24) is 103 Å². The van der Waals surface area contributed by atoms with Crippen LogP contribution >= 0.6 is 11.6 Å². The molecule has 1 aliphatic carbocycles. The molecule has 1 saturated carbocycles. The predicted octanol–water partition coefficient (Wildman–Crippen LogP) is 12.6. The molecule has 36 nitrogen and oxygen atoms in total. The molecule has 8 saturated heterocycles. The van der Waals surface area contributed by atoms with Gasteiger partial charge in [-0.05, 0) is 147 Å². The summed E-state index contributed by atoms with van der Waals surface area (Å²) in [6.07, 6.45) is 36.5. The molecule has 134 heavy (non-hydrogen) atoms. The zero-order valence-corrected chi connectivity index (χ0v) is 77.3. The Kier molecular flexibility index (Phi) is 26.1. The third-order valence-corrected chi connectivity index (χ3v) is 25.3. The highest BCUT2D eigenvalue weighted by atomic mass is 35.5. The maximum atomic E-state index is 14.3. The van der Waals surface area contributed by atoms with Gasteiger partial charge in [-0.3, -0.25) is 24.1 Å². The first kappa shape index (κ1) is 92.6. The Morgan fingerprint density at radius 2 is 0.709 bits per heavy atom. The summed E-state index contributed by atoms with van der Waals surface area (Å²) in [4.78, 5) is 137. The molecule has 704 valence electrons. The van der Waals surface area contributed by atoms with Crippen molar-refractivity contribution < 1.29 is 55.8 Å². The zero-order valence-electron chi connectivity index (χ0n) is 76.5. The van der Waals surface area contributed by atoms with E-state index in [2.05, 4.69) is 111 Å². The van der Waals surface area contributed by atoms with Crippen molar-refractivity contribution in [3.63, 3.8) is 0 Å². The van der Waals surface area contributed by atoms with E-state index in [1.807, 2.05) is 46.4 Å². The quantitative estimate of drug-likeness (QED) is 0.0619. The molecule has 9 aliphatic rings.